The van der Waals surface area contributed by atoms with Crippen molar-refractivity contribution in [3.8, 4) is 0 Å². The zero-order chi connectivity index (χ0) is 80.3. The zero-order valence-corrected chi connectivity index (χ0v) is 62.9. The number of rotatable bonds is 19. The molecule has 7 aliphatic heterocycles. The summed E-state index contributed by atoms with van der Waals surface area (Å²) in [6.45, 7) is 12.1. The summed E-state index contributed by atoms with van der Waals surface area (Å²) in [6.07, 6.45) is -53.1. The predicted octanol–water partition coefficient (Wildman–Crippen LogP) is -7.35. The van der Waals surface area contributed by atoms with E-state index in [-0.39, 0.29) is 24.7 Å². The largest absolute Gasteiger partial charge is 0.463 e. The smallest absolute Gasteiger partial charge is 0.317 e. The fourth-order valence-electron chi connectivity index (χ4n) is 20.5. The monoisotopic (exact) mass is 1590 g/mol. The lowest BCUT2D eigenvalue weighted by molar-refractivity contribution is -0.378. The van der Waals surface area contributed by atoms with Crippen molar-refractivity contribution in [3.05, 3.63) is 11.6 Å². The second-order valence-corrected chi connectivity index (χ2v) is 34.4. The number of fused-ring (bicyclic) bond motifs is 7. The number of amides is 1. The van der Waals surface area contributed by atoms with Crippen LogP contribution in [0.1, 0.15) is 114 Å². The molecule has 7 saturated heterocycles. The average Bonchev–Trinajstić information content (AvgIpc) is 0.663. The number of aliphatic hydroxyl groups excluding tert-OH is 19. The number of hydrogen-bond acceptors (Lipinski definition) is 37. The maximum atomic E-state index is 16.0. The van der Waals surface area contributed by atoms with E-state index in [1.165, 1.54) is 6.92 Å². The van der Waals surface area contributed by atoms with Gasteiger partial charge in [0.2, 0.25) is 12.2 Å². The summed E-state index contributed by atoms with van der Waals surface area (Å²) in [5.41, 5.74) is -5.28. The first kappa shape index (κ1) is 86.2. The minimum Gasteiger partial charge on any atom is -0.463 e. The molecule has 110 heavy (non-hydrogen) atoms. The molecule has 0 unspecified atom stereocenters. The normalized spacial score (nSPS) is 52.2. The number of esters is 2. The van der Waals surface area contributed by atoms with Crippen LogP contribution in [-0.4, -0.2) is 370 Å². The van der Waals surface area contributed by atoms with Crippen LogP contribution in [0.3, 0.4) is 0 Å². The second kappa shape index (κ2) is 33.0. The first-order chi connectivity index (χ1) is 51.6. The fraction of sp³-hybridized carbons (Fsp3) is 0.931. The van der Waals surface area contributed by atoms with E-state index in [2.05, 4.69) is 25.2 Å². The molecule has 38 nitrogen and oxygen atoms in total. The maximum Gasteiger partial charge on any atom is 0.317 e. The Balaban J connectivity index is 0.824. The first-order valence-electron chi connectivity index (χ1n) is 38.1. The van der Waals surface area contributed by atoms with E-state index in [4.69, 9.17) is 71.1 Å². The Labute approximate surface area is 634 Å². The second-order valence-electron chi connectivity index (χ2n) is 34.4. The highest BCUT2D eigenvalue weighted by Gasteiger charge is 2.75. The minimum absolute atomic E-state index is 0.0513. The Morgan fingerprint density at radius 1 is 0.482 bits per heavy atom. The molecule has 630 valence electrons. The number of aliphatic hydroxyl groups is 19. The van der Waals surface area contributed by atoms with Gasteiger partial charge in [0.1, 0.15) is 152 Å². The molecule has 12 rings (SSSR count). The number of hydrogen-bond donors (Lipinski definition) is 20. The van der Waals surface area contributed by atoms with Crippen molar-refractivity contribution in [2.24, 2.45) is 50.2 Å². The summed E-state index contributed by atoms with van der Waals surface area (Å²) in [5.74, 6) is -3.85. The topological polar surface area (TPSA) is 586 Å². The van der Waals surface area contributed by atoms with E-state index >= 15 is 4.79 Å². The number of ether oxygens (including phenoxy) is 15. The van der Waals surface area contributed by atoms with Gasteiger partial charge in [-0.05, 0) is 90.8 Å². The van der Waals surface area contributed by atoms with Crippen LogP contribution < -0.4 is 5.32 Å². The number of allylic oxidation sites excluding steroid dienone is 1. The molecular weight excluding hydrogens is 1470 g/mol. The van der Waals surface area contributed by atoms with Crippen LogP contribution in [0.15, 0.2) is 11.6 Å². The van der Waals surface area contributed by atoms with E-state index in [0.29, 0.717) is 44.1 Å². The highest BCUT2D eigenvalue weighted by molar-refractivity contribution is 5.80. The number of carbonyl (C=O) groups is 3. The summed E-state index contributed by atoms with van der Waals surface area (Å²) in [6, 6.07) is -1.46. The summed E-state index contributed by atoms with van der Waals surface area (Å²) >= 11 is 0. The summed E-state index contributed by atoms with van der Waals surface area (Å²) in [4.78, 5) is 41.4. The van der Waals surface area contributed by atoms with Gasteiger partial charge in [0.15, 0.2) is 43.8 Å². The molecule has 0 aromatic heterocycles. The Bertz CT molecular complexity index is 3210. The highest BCUT2D eigenvalue weighted by atomic mass is 16.8. The molecule has 12 aliphatic rings. The molecule has 1 amide bonds. The fourth-order valence-corrected chi connectivity index (χ4v) is 20.5. The molecule has 5 aliphatic carbocycles. The summed E-state index contributed by atoms with van der Waals surface area (Å²) in [7, 11) is 0. The van der Waals surface area contributed by atoms with Crippen molar-refractivity contribution in [3.63, 3.8) is 0 Å². The van der Waals surface area contributed by atoms with E-state index in [1.807, 2.05) is 34.6 Å². The third kappa shape index (κ3) is 15.4. The lowest BCUT2D eigenvalue weighted by Gasteiger charge is -2.72. The molecule has 7 heterocycles. The van der Waals surface area contributed by atoms with Crippen LogP contribution in [0.25, 0.3) is 0 Å². The molecule has 0 radical (unpaired) electrons. The van der Waals surface area contributed by atoms with Crippen LogP contribution in [-0.2, 0) is 85.4 Å². The Morgan fingerprint density at radius 2 is 0.964 bits per heavy atom. The van der Waals surface area contributed by atoms with E-state index < -0.39 is 311 Å². The standard InChI is InChI=1S/C72H115NO37/c1-26(75)73-40-53(106-60-48(88)41(81)30(77)20-97-60)46(86)36(25-101-64-52(92)54(47(87)35(104-64)24-96-27(2)76)107-61-49(89)42(82)31(78)21-98-61)103-59(40)105-39-13-14-69(7)37(68(39,5)6)12-15-70(8)38(69)11-10-28-29-18-67(3,4)16-17-72(29,58(94)57(93)71(28,70)9)66(95)110-65-56(109-63-51(91)44(84)33(80)23-100-63)55(45(85)34(19-74)102-65)108-62-50(90)43(83)32(79)22-99-62/h10,29-65,74,77-94H,11-25H2,1-9H3,(H,73,75)/t29-,30+,31+,32+,33+,34+,35+,36+,37-,38+,39-,40+,41-,42-,43-,44-,45+,46+,47+,48+,49+,50+,51+,52+,53+,54-,55-,56+,57-,58+,59-,60-,61-,62-,63-,64+,65-,69-,70+,71-,72+/m0/s1. The SMILES string of the molecule is CC(=O)N[C@H]1[C@H](O[C@H]2CC[C@]3(C)[C@H]4CC=C5[C@@H]6CC(C)(C)CC[C@]6(C(=O)O[C@@H]6O[C@H](CO)[C@@H](O)[C@H](O[C@@H]7OC[C@@H](O)[C@H](O)[C@H]7O)[C@H]6O[C@@H]6OC[C@@H](O)[C@H](O)[C@H]6O)[C@H](O)[C@H](O)[C@@]5(C)[C@]4(C)CC[C@H]3C2(C)C)O[C@H](CO[C@@H]2O[C@H](COC(C)=O)[C@@H](O)[C@H](O[C@@H]3OC[C@@H](O)[C@H](O)[C@H]3O)[C@H]2O)[C@@H](O)[C@@H]1O[C@@H]1OC[C@@H](O)[C@H](O)[C@H]1O. The summed E-state index contributed by atoms with van der Waals surface area (Å²) in [5, 5.41) is 216. The van der Waals surface area contributed by atoms with Gasteiger partial charge in [0.25, 0.3) is 0 Å². The molecule has 41 atom stereocenters. The lowest BCUT2D eigenvalue weighted by Crippen LogP contribution is -2.73. The van der Waals surface area contributed by atoms with Gasteiger partial charge in [-0.2, -0.15) is 0 Å². The van der Waals surface area contributed by atoms with Crippen LogP contribution >= 0.6 is 0 Å². The van der Waals surface area contributed by atoms with Crippen LogP contribution in [0, 0.1) is 50.2 Å². The van der Waals surface area contributed by atoms with Gasteiger partial charge in [-0.25, -0.2) is 0 Å². The predicted molar refractivity (Wildman–Crippen MR) is 361 cm³/mol. The number of nitrogens with one attached hydrogen (secondary N) is 1. The van der Waals surface area contributed by atoms with E-state index in [9.17, 15) is 107 Å². The third-order valence-electron chi connectivity index (χ3n) is 27.0. The minimum atomic E-state index is -2.06. The van der Waals surface area contributed by atoms with Crippen molar-refractivity contribution in [2.45, 2.75) is 322 Å². The third-order valence-corrected chi connectivity index (χ3v) is 27.0. The zero-order valence-electron chi connectivity index (χ0n) is 62.9. The first-order valence-corrected chi connectivity index (χ1v) is 38.1. The highest BCUT2D eigenvalue weighted by Crippen LogP contribution is 2.76. The van der Waals surface area contributed by atoms with Crippen molar-refractivity contribution < 1.29 is 182 Å². The van der Waals surface area contributed by atoms with Gasteiger partial charge in [-0.3, -0.25) is 14.4 Å². The van der Waals surface area contributed by atoms with Crippen molar-refractivity contribution >= 4 is 17.8 Å². The Hall–Kier alpha value is -3.13. The van der Waals surface area contributed by atoms with Crippen LogP contribution in [0.5, 0.6) is 0 Å². The summed E-state index contributed by atoms with van der Waals surface area (Å²) < 4.78 is 90.2. The van der Waals surface area contributed by atoms with Gasteiger partial charge in [-0.1, -0.05) is 60.1 Å². The molecule has 0 bridgehead atoms. The molecule has 0 aromatic rings. The van der Waals surface area contributed by atoms with Crippen molar-refractivity contribution in [1.29, 1.82) is 0 Å². The molecule has 0 aromatic carbocycles. The average molecular weight is 1590 g/mol. The molecule has 11 fully saturated rings. The van der Waals surface area contributed by atoms with E-state index in [1.54, 1.807) is 0 Å². The van der Waals surface area contributed by atoms with E-state index in [0.717, 1.165) is 6.92 Å². The van der Waals surface area contributed by atoms with Crippen molar-refractivity contribution in [2.75, 3.05) is 46.2 Å². The Morgan fingerprint density at radius 3 is 1.49 bits per heavy atom. The molecule has 38 heteroatoms. The van der Waals surface area contributed by atoms with Gasteiger partial charge < -0.3 is 173 Å². The van der Waals surface area contributed by atoms with Crippen molar-refractivity contribution in [1.82, 2.24) is 5.32 Å². The molecule has 4 saturated carbocycles. The van der Waals surface area contributed by atoms with Gasteiger partial charge in [-0.15, -0.1) is 0 Å². The van der Waals surface area contributed by atoms with Crippen LogP contribution in [0.4, 0.5) is 0 Å². The van der Waals surface area contributed by atoms with Crippen LogP contribution in [0.2, 0.25) is 0 Å². The van der Waals surface area contributed by atoms with Gasteiger partial charge in [0, 0.05) is 19.3 Å². The number of carbonyl (C=O) groups excluding carboxylic acids is 3. The lowest BCUT2D eigenvalue weighted by atomic mass is 9.32. The van der Waals surface area contributed by atoms with Gasteiger partial charge >= 0.3 is 11.9 Å². The Kier molecular flexibility index (Phi) is 25.9. The molecule has 20 N–H and O–H groups in total. The quantitative estimate of drug-likeness (QED) is 0.0325. The van der Waals surface area contributed by atoms with Gasteiger partial charge in [0.05, 0.1) is 58.0 Å². The molecular formula is C72H115NO37. The maximum absolute atomic E-state index is 16.0. The molecule has 0 spiro atoms.